The minimum atomic E-state index is -0.504. The highest BCUT2D eigenvalue weighted by Gasteiger charge is 2.13. The molecule has 0 heterocycles. The number of carbonyl (C=O) groups excluding carboxylic acids is 1. The zero-order chi connectivity index (χ0) is 14.4. The molecule has 1 aromatic rings. The number of nitrogens with one attached hydrogen (secondary N) is 1. The molecule has 0 aromatic heterocycles. The number of halogens is 1. The predicted octanol–water partition coefficient (Wildman–Crippen LogP) is 2.81. The van der Waals surface area contributed by atoms with Gasteiger partial charge in [-0.1, -0.05) is 0 Å². The van der Waals surface area contributed by atoms with Crippen molar-refractivity contribution in [1.82, 2.24) is 0 Å². The topological polar surface area (TPSA) is 98.3 Å². The molecule has 0 saturated heterocycles. The fourth-order valence-corrected chi connectivity index (χ4v) is 1.93. The summed E-state index contributed by atoms with van der Waals surface area (Å²) >= 11 is 3.09. The monoisotopic (exact) mass is 329 g/mol. The predicted molar refractivity (Wildman–Crippen MR) is 76.9 cm³/mol. The van der Waals surface area contributed by atoms with E-state index in [4.69, 9.17) is 5.73 Å². The Morgan fingerprint density at radius 3 is 2.84 bits per heavy atom. The van der Waals surface area contributed by atoms with Gasteiger partial charge in [-0.3, -0.25) is 14.9 Å². The molecule has 6 nitrogen and oxygen atoms in total. The van der Waals surface area contributed by atoms with E-state index in [2.05, 4.69) is 21.2 Å². The molecule has 0 spiro atoms. The molecule has 3 N–H and O–H groups in total. The van der Waals surface area contributed by atoms with Gasteiger partial charge in [0.25, 0.3) is 5.69 Å². The van der Waals surface area contributed by atoms with Crippen molar-refractivity contribution < 1.29 is 9.72 Å². The zero-order valence-electron chi connectivity index (χ0n) is 10.6. The average molecular weight is 330 g/mol. The smallest absolute Gasteiger partial charge is 0.285 e. The number of nitro groups is 1. The van der Waals surface area contributed by atoms with E-state index in [0.717, 1.165) is 6.42 Å². The van der Waals surface area contributed by atoms with Crippen molar-refractivity contribution in [3.05, 3.63) is 32.8 Å². The lowest BCUT2D eigenvalue weighted by molar-refractivity contribution is -0.385. The third-order valence-electron chi connectivity index (χ3n) is 2.49. The maximum Gasteiger partial charge on any atom is 0.285 e. The van der Waals surface area contributed by atoms with Crippen molar-refractivity contribution in [2.24, 2.45) is 5.73 Å². The lowest BCUT2D eigenvalue weighted by Crippen LogP contribution is -2.16. The lowest BCUT2D eigenvalue weighted by atomic mass is 10.1. The summed E-state index contributed by atoms with van der Waals surface area (Å²) in [5.41, 5.74) is 5.93. The van der Waals surface area contributed by atoms with Crippen molar-refractivity contribution >= 4 is 33.2 Å². The third-order valence-corrected chi connectivity index (χ3v) is 3.16. The number of carbonyl (C=O) groups is 1. The zero-order valence-corrected chi connectivity index (χ0v) is 12.1. The fourth-order valence-electron chi connectivity index (χ4n) is 1.54. The van der Waals surface area contributed by atoms with Gasteiger partial charge in [-0.05, 0) is 47.8 Å². The molecule has 1 aromatic carbocycles. The van der Waals surface area contributed by atoms with Crippen LogP contribution in [0.5, 0.6) is 0 Å². The van der Waals surface area contributed by atoms with E-state index in [-0.39, 0.29) is 17.6 Å². The summed E-state index contributed by atoms with van der Waals surface area (Å²) in [6, 6.07) is 4.55. The normalized spacial score (nSPS) is 11.9. The van der Waals surface area contributed by atoms with E-state index < -0.39 is 4.92 Å². The molecule has 1 amide bonds. The molecule has 0 radical (unpaired) electrons. The van der Waals surface area contributed by atoms with Crippen molar-refractivity contribution in [2.45, 2.75) is 32.2 Å². The molecule has 1 atom stereocenters. The summed E-state index contributed by atoms with van der Waals surface area (Å²) in [5, 5.41) is 13.4. The van der Waals surface area contributed by atoms with Gasteiger partial charge in [0.1, 0.15) is 0 Å². The Hall–Kier alpha value is -1.47. The van der Waals surface area contributed by atoms with E-state index in [1.807, 2.05) is 6.92 Å². The molecule has 0 fully saturated rings. The average Bonchev–Trinajstić information content (AvgIpc) is 2.30. The maximum absolute atomic E-state index is 11.6. The largest absolute Gasteiger partial charge is 0.328 e. The Bertz CT molecular complexity index is 477. The van der Waals surface area contributed by atoms with Gasteiger partial charge in [-0.25, -0.2) is 0 Å². The van der Waals surface area contributed by atoms with Crippen molar-refractivity contribution in [1.29, 1.82) is 0 Å². The van der Waals surface area contributed by atoms with Crippen LogP contribution in [0.3, 0.4) is 0 Å². The second-order valence-electron chi connectivity index (χ2n) is 4.34. The number of hydrogen-bond acceptors (Lipinski definition) is 4. The number of nitrogens with two attached hydrogens (primary N) is 1. The summed E-state index contributed by atoms with van der Waals surface area (Å²) in [6.07, 6.45) is 1.82. The molecule has 0 aliphatic rings. The van der Waals surface area contributed by atoms with E-state index in [9.17, 15) is 14.9 Å². The first-order valence-electron chi connectivity index (χ1n) is 5.89. The van der Waals surface area contributed by atoms with Gasteiger partial charge < -0.3 is 11.1 Å². The van der Waals surface area contributed by atoms with Gasteiger partial charge in [0.15, 0.2) is 0 Å². The number of rotatable bonds is 6. The van der Waals surface area contributed by atoms with E-state index in [1.165, 1.54) is 12.1 Å². The van der Waals surface area contributed by atoms with Crippen LogP contribution in [0.1, 0.15) is 26.2 Å². The number of amides is 1. The molecule has 0 saturated carbocycles. The van der Waals surface area contributed by atoms with Gasteiger partial charge in [0, 0.05) is 24.2 Å². The van der Waals surface area contributed by atoms with Crippen LogP contribution in [0.4, 0.5) is 11.4 Å². The van der Waals surface area contributed by atoms with Crippen LogP contribution in [-0.2, 0) is 4.79 Å². The second kappa shape index (κ2) is 7.20. The third kappa shape index (κ3) is 5.35. The first kappa shape index (κ1) is 15.6. The van der Waals surface area contributed by atoms with Gasteiger partial charge in [-0.2, -0.15) is 0 Å². The Balaban J connectivity index is 2.60. The van der Waals surface area contributed by atoms with Crippen LogP contribution in [0.15, 0.2) is 22.7 Å². The Morgan fingerprint density at radius 1 is 1.58 bits per heavy atom. The van der Waals surface area contributed by atoms with E-state index >= 15 is 0 Å². The molecule has 104 valence electrons. The minimum absolute atomic E-state index is 0.0709. The highest BCUT2D eigenvalue weighted by molar-refractivity contribution is 9.10. The second-order valence-corrected chi connectivity index (χ2v) is 5.20. The maximum atomic E-state index is 11.6. The summed E-state index contributed by atoms with van der Waals surface area (Å²) < 4.78 is 0.382. The van der Waals surface area contributed by atoms with Crippen LogP contribution in [0.25, 0.3) is 0 Å². The Labute approximate surface area is 119 Å². The molecule has 0 bridgehead atoms. The first-order chi connectivity index (χ1) is 8.90. The number of anilines is 1. The highest BCUT2D eigenvalue weighted by Crippen LogP contribution is 2.27. The van der Waals surface area contributed by atoms with Gasteiger partial charge in [-0.15, -0.1) is 0 Å². The standard InChI is InChI=1S/C12H16BrN3O3/c1-8(14)3-2-4-12(17)15-9-5-6-10(13)11(7-9)16(18)19/h5-8H,2-4,14H2,1H3,(H,15,17). The number of nitro benzene ring substituents is 1. The quantitative estimate of drug-likeness (QED) is 0.619. The van der Waals surface area contributed by atoms with Crippen molar-refractivity contribution in [2.75, 3.05) is 5.32 Å². The van der Waals surface area contributed by atoms with E-state index in [1.54, 1.807) is 6.07 Å². The van der Waals surface area contributed by atoms with Crippen LogP contribution in [0, 0.1) is 10.1 Å². The molecule has 0 aliphatic carbocycles. The molecule has 1 rings (SSSR count). The molecule has 19 heavy (non-hydrogen) atoms. The summed E-state index contributed by atoms with van der Waals surface area (Å²) in [4.78, 5) is 21.9. The van der Waals surface area contributed by atoms with Crippen LogP contribution in [0.2, 0.25) is 0 Å². The van der Waals surface area contributed by atoms with E-state index in [0.29, 0.717) is 23.0 Å². The molecular formula is C12H16BrN3O3. The molecular weight excluding hydrogens is 314 g/mol. The fraction of sp³-hybridized carbons (Fsp3) is 0.417. The van der Waals surface area contributed by atoms with Gasteiger partial charge in [0.2, 0.25) is 5.91 Å². The number of hydrogen-bond donors (Lipinski definition) is 2. The van der Waals surface area contributed by atoms with Crippen molar-refractivity contribution in [3.8, 4) is 0 Å². The Morgan fingerprint density at radius 2 is 2.26 bits per heavy atom. The van der Waals surface area contributed by atoms with Gasteiger partial charge in [0.05, 0.1) is 9.40 Å². The Kier molecular flexibility index (Phi) is 5.91. The van der Waals surface area contributed by atoms with Crippen LogP contribution in [-0.4, -0.2) is 16.9 Å². The lowest BCUT2D eigenvalue weighted by Gasteiger charge is -2.07. The highest BCUT2D eigenvalue weighted by atomic mass is 79.9. The first-order valence-corrected chi connectivity index (χ1v) is 6.69. The van der Waals surface area contributed by atoms with Crippen LogP contribution < -0.4 is 11.1 Å². The number of benzene rings is 1. The van der Waals surface area contributed by atoms with Crippen LogP contribution >= 0.6 is 15.9 Å². The number of nitrogens with zero attached hydrogens (tertiary/aromatic N) is 1. The summed E-state index contributed by atoms with van der Waals surface area (Å²) in [5.74, 6) is -0.169. The molecule has 7 heteroatoms. The SMILES string of the molecule is CC(N)CCCC(=O)Nc1ccc(Br)c([N+](=O)[O-])c1. The minimum Gasteiger partial charge on any atom is -0.328 e. The molecule has 0 aliphatic heterocycles. The van der Waals surface area contributed by atoms with Gasteiger partial charge >= 0.3 is 0 Å². The molecule has 1 unspecified atom stereocenters. The summed E-state index contributed by atoms with van der Waals surface area (Å²) in [7, 11) is 0. The van der Waals surface area contributed by atoms with Crippen molar-refractivity contribution in [3.63, 3.8) is 0 Å². The summed E-state index contributed by atoms with van der Waals surface area (Å²) in [6.45, 7) is 1.88.